The number of benzene rings is 2. The summed E-state index contributed by atoms with van der Waals surface area (Å²) in [6.07, 6.45) is 8.36. The summed E-state index contributed by atoms with van der Waals surface area (Å²) >= 11 is 0. The zero-order valence-corrected chi connectivity index (χ0v) is 26.9. The summed E-state index contributed by atoms with van der Waals surface area (Å²) in [6.45, 7) is 2.67. The first-order valence-electron chi connectivity index (χ1n) is 16.6. The number of fused-ring (bicyclic) bond motifs is 2. The lowest BCUT2D eigenvalue weighted by atomic mass is 9.90. The fourth-order valence-corrected chi connectivity index (χ4v) is 7.83. The van der Waals surface area contributed by atoms with Crippen LogP contribution in [0.5, 0.6) is 5.88 Å². The van der Waals surface area contributed by atoms with Crippen LogP contribution < -0.4 is 15.7 Å². The molecule has 12 nitrogen and oxygen atoms in total. The summed E-state index contributed by atoms with van der Waals surface area (Å²) in [5.41, 5.74) is 3.76. The Hall–Kier alpha value is -4.60. The Labute approximate surface area is 272 Å². The summed E-state index contributed by atoms with van der Waals surface area (Å²) in [4.78, 5) is 51.4. The van der Waals surface area contributed by atoms with Crippen molar-refractivity contribution in [2.75, 3.05) is 20.1 Å². The average molecular weight is 637 g/mol. The quantitative estimate of drug-likeness (QED) is 0.303. The maximum atomic E-state index is 13.3. The zero-order chi connectivity index (χ0) is 32.7. The van der Waals surface area contributed by atoms with E-state index in [4.69, 9.17) is 4.74 Å². The van der Waals surface area contributed by atoms with Crippen molar-refractivity contribution in [3.8, 4) is 11.9 Å². The maximum absolute atomic E-state index is 13.3. The van der Waals surface area contributed by atoms with Crippen LogP contribution in [0.2, 0.25) is 0 Å². The van der Waals surface area contributed by atoms with Gasteiger partial charge in [-0.2, -0.15) is 5.26 Å². The first kappa shape index (κ1) is 31.0. The number of likely N-dealkylation sites (tertiary alicyclic amines) is 1. The molecule has 4 heterocycles. The second kappa shape index (κ2) is 12.9. The molecule has 7 rings (SSSR count). The van der Waals surface area contributed by atoms with Crippen molar-refractivity contribution in [2.24, 2.45) is 7.05 Å². The van der Waals surface area contributed by atoms with E-state index in [0.717, 1.165) is 85.7 Å². The Bertz CT molecular complexity index is 1930. The molecule has 0 radical (unpaired) electrons. The van der Waals surface area contributed by atoms with E-state index in [0.29, 0.717) is 29.9 Å². The Morgan fingerprint density at radius 1 is 1.00 bits per heavy atom. The largest absolute Gasteiger partial charge is 0.474 e. The lowest BCUT2D eigenvalue weighted by molar-refractivity contribution is -0.135. The minimum atomic E-state index is -0.683. The number of rotatable bonds is 7. The third kappa shape index (κ3) is 6.01. The Morgan fingerprint density at radius 3 is 2.51 bits per heavy atom. The van der Waals surface area contributed by atoms with E-state index in [9.17, 15) is 19.6 Å². The van der Waals surface area contributed by atoms with Gasteiger partial charge in [0.25, 0.3) is 0 Å². The molecule has 47 heavy (non-hydrogen) atoms. The molecule has 1 N–H and O–H groups in total. The van der Waals surface area contributed by atoms with Crippen molar-refractivity contribution >= 4 is 33.8 Å². The van der Waals surface area contributed by atoms with Crippen LogP contribution in [0.3, 0.4) is 0 Å². The molecule has 2 aliphatic heterocycles. The SMILES string of the molecule is Cn1c(=O)n(C2CCC(=O)NC2=O)c2cccc(CN3CCC(N(C)[C@H]4CC[C@H](Oc5ncnc6ccc(C#N)cc56)CC4)CC3)c21. The average Bonchev–Trinajstić information content (AvgIpc) is 3.34. The van der Waals surface area contributed by atoms with Crippen molar-refractivity contribution in [1.29, 1.82) is 5.26 Å². The van der Waals surface area contributed by atoms with Gasteiger partial charge in [0, 0.05) is 32.1 Å². The molecule has 2 aromatic carbocycles. The number of nitrogens with one attached hydrogen (secondary N) is 1. The van der Waals surface area contributed by atoms with Crippen LogP contribution in [0.4, 0.5) is 0 Å². The van der Waals surface area contributed by atoms with Crippen molar-refractivity contribution in [3.05, 3.63) is 64.3 Å². The predicted molar refractivity (Wildman–Crippen MR) is 176 cm³/mol. The van der Waals surface area contributed by atoms with Gasteiger partial charge in [0.05, 0.1) is 33.6 Å². The van der Waals surface area contributed by atoms with E-state index in [1.54, 1.807) is 28.3 Å². The number of piperidine rings is 2. The van der Waals surface area contributed by atoms with Crippen molar-refractivity contribution in [2.45, 2.75) is 82.1 Å². The van der Waals surface area contributed by atoms with Gasteiger partial charge in [-0.25, -0.2) is 14.8 Å². The minimum absolute atomic E-state index is 0.0915. The van der Waals surface area contributed by atoms with Crippen LogP contribution in [0.1, 0.15) is 68.5 Å². The minimum Gasteiger partial charge on any atom is -0.474 e. The van der Waals surface area contributed by atoms with Gasteiger partial charge >= 0.3 is 5.69 Å². The van der Waals surface area contributed by atoms with Gasteiger partial charge in [0.2, 0.25) is 17.7 Å². The molecule has 0 bridgehead atoms. The maximum Gasteiger partial charge on any atom is 0.329 e. The summed E-state index contributed by atoms with van der Waals surface area (Å²) in [5, 5.41) is 12.5. The lowest BCUT2D eigenvalue weighted by Gasteiger charge is -2.42. The fourth-order valence-electron chi connectivity index (χ4n) is 7.83. The molecule has 2 saturated heterocycles. The van der Waals surface area contributed by atoms with Gasteiger partial charge in [-0.3, -0.25) is 28.9 Å². The smallest absolute Gasteiger partial charge is 0.329 e. The summed E-state index contributed by atoms with van der Waals surface area (Å²) in [7, 11) is 4.03. The fraction of sp³-hybridized carbons (Fsp3) is 0.486. The van der Waals surface area contributed by atoms with E-state index < -0.39 is 11.9 Å². The van der Waals surface area contributed by atoms with Gasteiger partial charge in [0.1, 0.15) is 18.5 Å². The number of nitriles is 1. The first-order chi connectivity index (χ1) is 22.8. The highest BCUT2D eigenvalue weighted by Gasteiger charge is 2.33. The zero-order valence-electron chi connectivity index (χ0n) is 26.9. The number of aromatic nitrogens is 4. The number of aryl methyl sites for hydroxylation is 1. The highest BCUT2D eigenvalue weighted by atomic mass is 16.5. The monoisotopic (exact) mass is 636 g/mol. The second-order valence-corrected chi connectivity index (χ2v) is 13.2. The number of para-hydroxylation sites is 1. The van der Waals surface area contributed by atoms with Crippen LogP contribution in [0, 0.1) is 11.3 Å². The summed E-state index contributed by atoms with van der Waals surface area (Å²) in [6, 6.07) is 13.8. The molecule has 12 heteroatoms. The number of imide groups is 1. The van der Waals surface area contributed by atoms with Crippen molar-refractivity contribution in [3.63, 3.8) is 0 Å². The molecule has 3 aliphatic rings. The third-order valence-corrected chi connectivity index (χ3v) is 10.5. The molecule has 4 aromatic rings. The van der Waals surface area contributed by atoms with Gasteiger partial charge in [-0.05, 0) is 94.9 Å². The molecule has 3 fully saturated rings. The molecular weight excluding hydrogens is 596 g/mol. The predicted octanol–water partition coefficient (Wildman–Crippen LogP) is 3.42. The normalized spacial score (nSPS) is 22.9. The molecule has 0 spiro atoms. The van der Waals surface area contributed by atoms with Gasteiger partial charge in [-0.15, -0.1) is 0 Å². The van der Waals surface area contributed by atoms with Gasteiger partial charge in [0.15, 0.2) is 0 Å². The van der Waals surface area contributed by atoms with Crippen LogP contribution in [-0.4, -0.2) is 79.0 Å². The van der Waals surface area contributed by atoms with Crippen molar-refractivity contribution < 1.29 is 14.3 Å². The number of carbonyl (C=O) groups excluding carboxylic acids is 2. The Morgan fingerprint density at radius 2 is 1.77 bits per heavy atom. The van der Waals surface area contributed by atoms with Crippen LogP contribution in [0.15, 0.2) is 47.5 Å². The molecule has 1 unspecified atom stereocenters. The number of carbonyl (C=O) groups is 2. The molecular formula is C35H40N8O4. The van der Waals surface area contributed by atoms with E-state index in [1.807, 2.05) is 18.2 Å². The molecule has 2 amide bonds. The second-order valence-electron chi connectivity index (χ2n) is 13.2. The summed E-state index contributed by atoms with van der Waals surface area (Å²) in [5.74, 6) is -0.150. The lowest BCUT2D eigenvalue weighted by Crippen LogP contribution is -2.48. The molecule has 244 valence electrons. The van der Waals surface area contributed by atoms with Gasteiger partial charge < -0.3 is 9.64 Å². The summed E-state index contributed by atoms with van der Waals surface area (Å²) < 4.78 is 9.56. The standard InChI is InChI=1S/C35H40N8O4/c1-40(24-7-9-26(10-8-24)47-34-27-18-22(19-36)6-11-28(27)37-21-38-34)25-14-16-42(17-15-25)20-23-4-3-5-29-32(23)41(2)35(46)43(29)30-12-13-31(44)39-33(30)45/h3-6,11,18,21,24-26,30H,7-10,12-17,20H2,1-2H3,(H,39,44,45)/t24-,26-,30?. The van der Waals surface area contributed by atoms with Crippen LogP contribution in [-0.2, 0) is 23.2 Å². The van der Waals surface area contributed by atoms with E-state index in [-0.39, 0.29) is 24.1 Å². The Balaban J connectivity index is 0.951. The number of imidazole rings is 1. The van der Waals surface area contributed by atoms with Crippen LogP contribution in [0.25, 0.3) is 21.9 Å². The third-order valence-electron chi connectivity index (χ3n) is 10.5. The number of hydrogen-bond donors (Lipinski definition) is 1. The first-order valence-corrected chi connectivity index (χ1v) is 16.6. The highest BCUT2D eigenvalue weighted by molar-refractivity contribution is 6.00. The van der Waals surface area contributed by atoms with E-state index in [2.05, 4.69) is 44.3 Å². The molecule has 1 saturated carbocycles. The number of nitrogens with zero attached hydrogens (tertiary/aromatic N) is 7. The molecule has 1 atom stereocenters. The molecule has 1 aliphatic carbocycles. The molecule has 2 aromatic heterocycles. The Kier molecular flexibility index (Phi) is 8.51. The number of amides is 2. The number of hydrogen-bond acceptors (Lipinski definition) is 9. The van der Waals surface area contributed by atoms with E-state index in [1.165, 1.54) is 6.33 Å². The van der Waals surface area contributed by atoms with E-state index >= 15 is 0 Å². The van der Waals surface area contributed by atoms with Gasteiger partial charge in [-0.1, -0.05) is 12.1 Å². The van der Waals surface area contributed by atoms with Crippen molar-refractivity contribution in [1.82, 2.24) is 34.2 Å². The highest BCUT2D eigenvalue weighted by Crippen LogP contribution is 2.32. The van der Waals surface area contributed by atoms with Crippen LogP contribution >= 0.6 is 0 Å². The number of ether oxygens (including phenoxy) is 1. The topological polar surface area (TPSA) is 138 Å².